The molecule has 2 aliphatic heterocycles. The zero-order chi connectivity index (χ0) is 19.5. The fourth-order valence-corrected chi connectivity index (χ4v) is 4.79. The molecule has 146 valence electrons. The highest BCUT2D eigenvalue weighted by atomic mass is 16.2. The second kappa shape index (κ2) is 8.17. The van der Waals surface area contributed by atoms with Gasteiger partial charge in [0.15, 0.2) is 0 Å². The first kappa shape index (κ1) is 18.7. The number of amides is 2. The predicted molar refractivity (Wildman–Crippen MR) is 110 cm³/mol. The highest BCUT2D eigenvalue weighted by Crippen LogP contribution is 2.34. The van der Waals surface area contributed by atoms with Crippen molar-refractivity contribution in [2.75, 3.05) is 13.1 Å². The van der Waals surface area contributed by atoms with Crippen LogP contribution in [0, 0.1) is 0 Å². The van der Waals surface area contributed by atoms with Crippen LogP contribution >= 0.6 is 0 Å². The minimum atomic E-state index is -0.145. The normalized spacial score (nSPS) is 21.5. The molecule has 1 fully saturated rings. The summed E-state index contributed by atoms with van der Waals surface area (Å²) in [7, 11) is 0. The van der Waals surface area contributed by atoms with Gasteiger partial charge in [-0.3, -0.25) is 9.59 Å². The van der Waals surface area contributed by atoms with Gasteiger partial charge in [-0.2, -0.15) is 0 Å². The van der Waals surface area contributed by atoms with E-state index in [1.54, 1.807) is 6.92 Å². The molecule has 0 saturated carbocycles. The highest BCUT2D eigenvalue weighted by molar-refractivity contribution is 5.80. The lowest BCUT2D eigenvalue weighted by atomic mass is 9.90. The molecule has 2 aliphatic rings. The van der Waals surface area contributed by atoms with E-state index in [0.29, 0.717) is 13.0 Å². The molecule has 2 aromatic rings. The van der Waals surface area contributed by atoms with Crippen molar-refractivity contribution < 1.29 is 9.59 Å². The largest absolute Gasteiger partial charge is 0.339 e. The summed E-state index contributed by atoms with van der Waals surface area (Å²) in [4.78, 5) is 29.4. The van der Waals surface area contributed by atoms with Gasteiger partial charge in [0, 0.05) is 26.1 Å². The third-order valence-electron chi connectivity index (χ3n) is 6.20. The van der Waals surface area contributed by atoms with Crippen LogP contribution in [-0.4, -0.2) is 40.7 Å². The van der Waals surface area contributed by atoms with Crippen molar-refractivity contribution in [1.82, 2.24) is 9.80 Å². The van der Waals surface area contributed by atoms with Gasteiger partial charge in [-0.25, -0.2) is 0 Å². The van der Waals surface area contributed by atoms with E-state index in [0.717, 1.165) is 37.8 Å². The van der Waals surface area contributed by atoms with Crippen LogP contribution in [0.5, 0.6) is 0 Å². The average molecular weight is 377 g/mol. The average Bonchev–Trinajstić information content (AvgIpc) is 3.17. The van der Waals surface area contributed by atoms with E-state index in [-0.39, 0.29) is 23.9 Å². The summed E-state index contributed by atoms with van der Waals surface area (Å²) in [6.07, 6.45) is 4.26. The Kier molecular flexibility index (Phi) is 5.47. The molecule has 0 radical (unpaired) electrons. The SMILES string of the molecule is CC(=O)N1CCc2ccccc2C1CC(=O)N1CCCC1Cc1ccccc1. The van der Waals surface area contributed by atoms with Crippen LogP contribution in [0.1, 0.15) is 48.9 Å². The van der Waals surface area contributed by atoms with E-state index in [2.05, 4.69) is 41.3 Å². The van der Waals surface area contributed by atoms with Gasteiger partial charge >= 0.3 is 0 Å². The highest BCUT2D eigenvalue weighted by Gasteiger charge is 2.35. The molecule has 2 heterocycles. The topological polar surface area (TPSA) is 40.6 Å². The molecule has 0 spiro atoms. The summed E-state index contributed by atoms with van der Waals surface area (Å²) in [6.45, 7) is 3.13. The molecule has 2 unspecified atom stereocenters. The molecular formula is C24H28N2O2. The quantitative estimate of drug-likeness (QED) is 0.815. The smallest absolute Gasteiger partial charge is 0.225 e. The Morgan fingerprint density at radius 3 is 2.50 bits per heavy atom. The molecule has 1 saturated heterocycles. The molecule has 4 heteroatoms. The third kappa shape index (κ3) is 3.82. The molecule has 4 nitrogen and oxygen atoms in total. The third-order valence-corrected chi connectivity index (χ3v) is 6.20. The Morgan fingerprint density at radius 1 is 0.964 bits per heavy atom. The van der Waals surface area contributed by atoms with Crippen LogP contribution in [0.2, 0.25) is 0 Å². The van der Waals surface area contributed by atoms with Crippen molar-refractivity contribution in [3.8, 4) is 0 Å². The first-order valence-electron chi connectivity index (χ1n) is 10.3. The first-order chi connectivity index (χ1) is 13.6. The van der Waals surface area contributed by atoms with E-state index in [4.69, 9.17) is 0 Å². The Labute approximate surface area is 167 Å². The van der Waals surface area contributed by atoms with Gasteiger partial charge in [0.05, 0.1) is 12.5 Å². The first-order valence-corrected chi connectivity index (χ1v) is 10.3. The predicted octanol–water partition coefficient (Wildman–Crippen LogP) is 3.76. The van der Waals surface area contributed by atoms with Gasteiger partial charge < -0.3 is 9.80 Å². The van der Waals surface area contributed by atoms with Crippen LogP contribution < -0.4 is 0 Å². The van der Waals surface area contributed by atoms with Gasteiger partial charge in [0.1, 0.15) is 0 Å². The number of benzene rings is 2. The Bertz CT molecular complexity index is 849. The summed E-state index contributed by atoms with van der Waals surface area (Å²) in [5.41, 5.74) is 3.68. The summed E-state index contributed by atoms with van der Waals surface area (Å²) in [6, 6.07) is 18.8. The maximum atomic E-state index is 13.3. The van der Waals surface area contributed by atoms with E-state index in [9.17, 15) is 9.59 Å². The number of nitrogens with zero attached hydrogens (tertiary/aromatic N) is 2. The summed E-state index contributed by atoms with van der Waals surface area (Å²) in [5, 5.41) is 0. The van der Waals surface area contributed by atoms with Crippen LogP contribution in [0.4, 0.5) is 0 Å². The maximum Gasteiger partial charge on any atom is 0.225 e. The van der Waals surface area contributed by atoms with Gasteiger partial charge in [-0.05, 0) is 42.4 Å². The van der Waals surface area contributed by atoms with Gasteiger partial charge in [0.2, 0.25) is 11.8 Å². The molecule has 0 bridgehead atoms. The van der Waals surface area contributed by atoms with Crippen LogP contribution in [0.25, 0.3) is 0 Å². The number of fused-ring (bicyclic) bond motifs is 1. The Balaban J connectivity index is 1.52. The molecular weight excluding hydrogens is 348 g/mol. The molecule has 2 atom stereocenters. The van der Waals surface area contributed by atoms with Crippen LogP contribution in [0.3, 0.4) is 0 Å². The van der Waals surface area contributed by atoms with Crippen molar-refractivity contribution in [3.63, 3.8) is 0 Å². The zero-order valence-corrected chi connectivity index (χ0v) is 16.5. The van der Waals surface area contributed by atoms with E-state index in [1.807, 2.05) is 23.1 Å². The number of rotatable bonds is 4. The molecule has 0 aliphatic carbocycles. The Morgan fingerprint density at radius 2 is 1.71 bits per heavy atom. The Hall–Kier alpha value is -2.62. The fourth-order valence-electron chi connectivity index (χ4n) is 4.79. The summed E-state index contributed by atoms with van der Waals surface area (Å²) >= 11 is 0. The van der Waals surface area contributed by atoms with E-state index < -0.39 is 0 Å². The van der Waals surface area contributed by atoms with Crippen molar-refractivity contribution in [2.24, 2.45) is 0 Å². The van der Waals surface area contributed by atoms with Crippen molar-refractivity contribution in [1.29, 1.82) is 0 Å². The standard InChI is InChI=1S/C24H28N2O2/c1-18(27)25-15-13-20-10-5-6-12-22(20)23(25)17-24(28)26-14-7-11-21(26)16-19-8-3-2-4-9-19/h2-6,8-10,12,21,23H,7,11,13-17H2,1H3. The number of hydrogen-bond donors (Lipinski definition) is 0. The number of hydrogen-bond acceptors (Lipinski definition) is 2. The molecule has 0 N–H and O–H groups in total. The monoisotopic (exact) mass is 376 g/mol. The van der Waals surface area contributed by atoms with E-state index in [1.165, 1.54) is 11.1 Å². The lowest BCUT2D eigenvalue weighted by molar-refractivity contribution is -0.137. The van der Waals surface area contributed by atoms with Gasteiger partial charge in [-0.1, -0.05) is 54.6 Å². The van der Waals surface area contributed by atoms with Gasteiger partial charge in [-0.15, -0.1) is 0 Å². The fraction of sp³-hybridized carbons (Fsp3) is 0.417. The van der Waals surface area contributed by atoms with Crippen LogP contribution in [0.15, 0.2) is 54.6 Å². The second-order valence-corrected chi connectivity index (χ2v) is 7.95. The van der Waals surface area contributed by atoms with Crippen molar-refractivity contribution >= 4 is 11.8 Å². The van der Waals surface area contributed by atoms with Crippen molar-refractivity contribution in [3.05, 3.63) is 71.3 Å². The van der Waals surface area contributed by atoms with Crippen molar-refractivity contribution in [2.45, 2.75) is 51.1 Å². The number of carbonyl (C=O) groups is 2. The molecule has 4 rings (SSSR count). The minimum Gasteiger partial charge on any atom is -0.339 e. The number of likely N-dealkylation sites (tertiary alicyclic amines) is 1. The number of carbonyl (C=O) groups excluding carboxylic acids is 2. The zero-order valence-electron chi connectivity index (χ0n) is 16.5. The molecule has 2 aromatic carbocycles. The lowest BCUT2D eigenvalue weighted by Gasteiger charge is -2.37. The van der Waals surface area contributed by atoms with Crippen LogP contribution in [-0.2, 0) is 22.4 Å². The minimum absolute atomic E-state index is 0.0505. The molecule has 2 amide bonds. The lowest BCUT2D eigenvalue weighted by Crippen LogP contribution is -2.43. The summed E-state index contributed by atoms with van der Waals surface area (Å²) in [5.74, 6) is 0.223. The van der Waals surface area contributed by atoms with Gasteiger partial charge in [0.25, 0.3) is 0 Å². The van der Waals surface area contributed by atoms with E-state index >= 15 is 0 Å². The maximum absolute atomic E-state index is 13.3. The molecule has 28 heavy (non-hydrogen) atoms. The second-order valence-electron chi connectivity index (χ2n) is 7.95. The molecule has 0 aromatic heterocycles. The summed E-state index contributed by atoms with van der Waals surface area (Å²) < 4.78 is 0.